The van der Waals surface area contributed by atoms with Crippen LogP contribution in [0.1, 0.15) is 29.8 Å². The summed E-state index contributed by atoms with van der Waals surface area (Å²) in [7, 11) is 1.69. The van der Waals surface area contributed by atoms with Crippen molar-refractivity contribution < 1.29 is 4.74 Å². The molecule has 0 saturated carbocycles. The molecular formula is C13H20N4OS. The molecule has 0 aliphatic carbocycles. The molecule has 2 heterocycles. The maximum Gasteiger partial charge on any atom is 0.203 e. The number of imidazole rings is 1. The first kappa shape index (κ1) is 14.0. The monoisotopic (exact) mass is 280 g/mol. The summed E-state index contributed by atoms with van der Waals surface area (Å²) < 4.78 is 7.14. The molecule has 5 nitrogen and oxygen atoms in total. The van der Waals surface area contributed by atoms with Gasteiger partial charge in [0.1, 0.15) is 5.01 Å². The van der Waals surface area contributed by atoms with Crippen LogP contribution >= 0.6 is 11.3 Å². The third-order valence-corrected chi connectivity index (χ3v) is 4.26. The maximum absolute atomic E-state index is 5.03. The van der Waals surface area contributed by atoms with E-state index in [1.807, 2.05) is 12.4 Å². The summed E-state index contributed by atoms with van der Waals surface area (Å²) in [5, 5.41) is 4.38. The Bertz CT molecular complexity index is 508. The summed E-state index contributed by atoms with van der Waals surface area (Å²) in [6.07, 6.45) is 6.78. The van der Waals surface area contributed by atoms with E-state index in [4.69, 9.17) is 4.74 Å². The summed E-state index contributed by atoms with van der Waals surface area (Å²) in [5.74, 6) is 0.859. The predicted molar refractivity (Wildman–Crippen MR) is 77.9 cm³/mol. The van der Waals surface area contributed by atoms with Gasteiger partial charge in [0.2, 0.25) is 5.95 Å². The van der Waals surface area contributed by atoms with Gasteiger partial charge < -0.3 is 14.6 Å². The Hall–Kier alpha value is -1.40. The third-order valence-electron chi connectivity index (χ3n) is 2.95. The van der Waals surface area contributed by atoms with E-state index in [1.54, 1.807) is 24.6 Å². The molecule has 19 heavy (non-hydrogen) atoms. The molecule has 0 amide bonds. The maximum atomic E-state index is 5.03. The average Bonchev–Trinajstić information content (AvgIpc) is 3.07. The van der Waals surface area contributed by atoms with Crippen molar-refractivity contribution in [1.29, 1.82) is 0 Å². The Balaban J connectivity index is 2.10. The summed E-state index contributed by atoms with van der Waals surface area (Å²) in [5.41, 5.74) is 0. The number of hydrogen-bond acceptors (Lipinski definition) is 5. The minimum atomic E-state index is 0.192. The molecule has 104 valence electrons. The number of hydrogen-bond donors (Lipinski definition) is 1. The largest absolute Gasteiger partial charge is 0.383 e. The molecule has 6 heteroatoms. The Morgan fingerprint density at radius 2 is 2.32 bits per heavy atom. The first-order valence-electron chi connectivity index (χ1n) is 6.46. The van der Waals surface area contributed by atoms with E-state index >= 15 is 0 Å². The zero-order valence-corrected chi connectivity index (χ0v) is 12.4. The van der Waals surface area contributed by atoms with Crippen LogP contribution in [0.25, 0.3) is 0 Å². The molecule has 0 radical (unpaired) electrons. The van der Waals surface area contributed by atoms with Gasteiger partial charge in [-0.3, -0.25) is 0 Å². The van der Waals surface area contributed by atoms with Gasteiger partial charge in [-0.05, 0) is 13.3 Å². The van der Waals surface area contributed by atoms with Crippen LogP contribution in [0.15, 0.2) is 18.6 Å². The highest BCUT2D eigenvalue weighted by molar-refractivity contribution is 7.11. The molecule has 0 fully saturated rings. The molecule has 0 saturated heterocycles. The number of methoxy groups -OCH3 is 1. The van der Waals surface area contributed by atoms with E-state index < -0.39 is 0 Å². The van der Waals surface area contributed by atoms with Crippen molar-refractivity contribution in [2.24, 2.45) is 0 Å². The lowest BCUT2D eigenvalue weighted by Gasteiger charge is -2.14. The van der Waals surface area contributed by atoms with Gasteiger partial charge >= 0.3 is 0 Å². The summed E-state index contributed by atoms with van der Waals surface area (Å²) in [6, 6.07) is 0.192. The number of nitrogens with one attached hydrogen (secondary N) is 1. The molecule has 1 unspecified atom stereocenters. The smallest absolute Gasteiger partial charge is 0.203 e. The quantitative estimate of drug-likeness (QED) is 0.792. The fourth-order valence-corrected chi connectivity index (χ4v) is 2.73. The Labute approximate surface area is 117 Å². The number of rotatable bonds is 7. The molecule has 0 aliphatic rings. The van der Waals surface area contributed by atoms with E-state index in [9.17, 15) is 0 Å². The van der Waals surface area contributed by atoms with E-state index in [1.165, 1.54) is 4.88 Å². The third kappa shape index (κ3) is 3.33. The van der Waals surface area contributed by atoms with Crippen molar-refractivity contribution >= 4 is 17.3 Å². The summed E-state index contributed by atoms with van der Waals surface area (Å²) >= 11 is 1.76. The number of thiazole rings is 1. The minimum absolute atomic E-state index is 0.192. The Morgan fingerprint density at radius 1 is 1.47 bits per heavy atom. The van der Waals surface area contributed by atoms with E-state index in [2.05, 4.69) is 33.7 Å². The van der Waals surface area contributed by atoms with Gasteiger partial charge in [0.15, 0.2) is 0 Å². The van der Waals surface area contributed by atoms with Crippen molar-refractivity contribution in [1.82, 2.24) is 14.5 Å². The molecule has 0 aromatic carbocycles. The van der Waals surface area contributed by atoms with Crippen molar-refractivity contribution in [3.05, 3.63) is 28.5 Å². The number of aryl methyl sites for hydroxylation is 1. The van der Waals surface area contributed by atoms with Crippen molar-refractivity contribution in [3.8, 4) is 0 Å². The molecule has 2 rings (SSSR count). The second-order valence-corrected chi connectivity index (χ2v) is 5.42. The normalized spacial score (nSPS) is 12.6. The van der Waals surface area contributed by atoms with Gasteiger partial charge in [-0.15, -0.1) is 11.3 Å². The number of nitrogens with zero attached hydrogens (tertiary/aromatic N) is 3. The lowest BCUT2D eigenvalue weighted by Crippen LogP contribution is -2.14. The van der Waals surface area contributed by atoms with Crippen molar-refractivity contribution in [2.45, 2.75) is 26.3 Å². The van der Waals surface area contributed by atoms with Crippen LogP contribution in [-0.2, 0) is 11.2 Å². The molecule has 2 aromatic rings. The first-order chi connectivity index (χ1) is 9.26. The van der Waals surface area contributed by atoms with Crippen LogP contribution in [0.4, 0.5) is 5.95 Å². The number of anilines is 1. The summed E-state index contributed by atoms with van der Waals surface area (Å²) in [6.45, 7) is 5.70. The van der Waals surface area contributed by atoms with Crippen molar-refractivity contribution in [3.63, 3.8) is 0 Å². The Morgan fingerprint density at radius 3 is 3.00 bits per heavy atom. The molecule has 2 aromatic heterocycles. The second-order valence-electron chi connectivity index (χ2n) is 4.27. The molecule has 0 spiro atoms. The fourth-order valence-electron chi connectivity index (χ4n) is 1.83. The molecule has 0 aliphatic heterocycles. The van der Waals surface area contributed by atoms with Gasteiger partial charge in [0, 0.05) is 37.1 Å². The van der Waals surface area contributed by atoms with Gasteiger partial charge in [0.05, 0.1) is 12.6 Å². The number of ether oxygens (including phenoxy) is 1. The predicted octanol–water partition coefficient (Wildman–Crippen LogP) is 2.57. The number of aromatic nitrogens is 3. The minimum Gasteiger partial charge on any atom is -0.383 e. The van der Waals surface area contributed by atoms with Crippen LogP contribution in [0, 0.1) is 0 Å². The summed E-state index contributed by atoms with van der Waals surface area (Å²) in [4.78, 5) is 10.1. The zero-order chi connectivity index (χ0) is 13.7. The van der Waals surface area contributed by atoms with Crippen LogP contribution in [0.5, 0.6) is 0 Å². The standard InChI is InChI=1S/C13H20N4OS/c1-4-11-9-16-12(19-11)10(2)17-7-5-14-13(17)15-6-8-18-3/h5,7,9-10H,4,6,8H2,1-3H3,(H,14,15). The highest BCUT2D eigenvalue weighted by Crippen LogP contribution is 2.25. The SMILES string of the molecule is CCc1cnc(C(C)n2ccnc2NCCOC)s1. The van der Waals surface area contributed by atoms with E-state index in [0.717, 1.165) is 23.9 Å². The van der Waals surface area contributed by atoms with Crippen LogP contribution in [0.3, 0.4) is 0 Å². The van der Waals surface area contributed by atoms with E-state index in [0.29, 0.717) is 6.61 Å². The van der Waals surface area contributed by atoms with Gasteiger partial charge in [0.25, 0.3) is 0 Å². The zero-order valence-electron chi connectivity index (χ0n) is 11.6. The van der Waals surface area contributed by atoms with Gasteiger partial charge in [-0.25, -0.2) is 9.97 Å². The lowest BCUT2D eigenvalue weighted by atomic mass is 10.3. The van der Waals surface area contributed by atoms with Crippen LogP contribution in [-0.4, -0.2) is 34.8 Å². The van der Waals surface area contributed by atoms with Crippen LogP contribution < -0.4 is 5.32 Å². The van der Waals surface area contributed by atoms with E-state index in [-0.39, 0.29) is 6.04 Å². The highest BCUT2D eigenvalue weighted by Gasteiger charge is 2.15. The highest BCUT2D eigenvalue weighted by atomic mass is 32.1. The molecule has 0 bridgehead atoms. The molecule has 1 atom stereocenters. The van der Waals surface area contributed by atoms with Crippen LogP contribution in [0.2, 0.25) is 0 Å². The van der Waals surface area contributed by atoms with Gasteiger partial charge in [-0.2, -0.15) is 0 Å². The topological polar surface area (TPSA) is 52.0 Å². The fraction of sp³-hybridized carbons (Fsp3) is 0.538. The second kappa shape index (κ2) is 6.68. The Kier molecular flexibility index (Phi) is 4.93. The lowest BCUT2D eigenvalue weighted by molar-refractivity contribution is 0.210. The molecular weight excluding hydrogens is 260 g/mol. The average molecular weight is 280 g/mol. The van der Waals surface area contributed by atoms with Crippen molar-refractivity contribution in [2.75, 3.05) is 25.6 Å². The van der Waals surface area contributed by atoms with Gasteiger partial charge in [-0.1, -0.05) is 6.92 Å². The first-order valence-corrected chi connectivity index (χ1v) is 7.28. The molecule has 1 N–H and O–H groups in total.